The van der Waals surface area contributed by atoms with Gasteiger partial charge in [0.2, 0.25) is 0 Å². The number of alkyl halides is 1. The molecule has 0 saturated carbocycles. The molecule has 0 atom stereocenters. The van der Waals surface area contributed by atoms with Crippen LogP contribution in [0.1, 0.15) is 19.4 Å². The minimum atomic E-state index is -0.398. The molecule has 0 bridgehead atoms. The molecule has 0 aliphatic heterocycles. The highest BCUT2D eigenvalue weighted by Gasteiger charge is 2.16. The quantitative estimate of drug-likeness (QED) is 0.455. The van der Waals surface area contributed by atoms with Crippen molar-refractivity contribution < 1.29 is 4.92 Å². The van der Waals surface area contributed by atoms with Crippen molar-refractivity contribution in [1.82, 2.24) is 0 Å². The van der Waals surface area contributed by atoms with Crippen molar-refractivity contribution in [2.45, 2.75) is 18.2 Å². The van der Waals surface area contributed by atoms with Crippen LogP contribution in [0.4, 0.5) is 5.69 Å². The molecule has 13 heavy (non-hydrogen) atoms. The van der Waals surface area contributed by atoms with E-state index in [0.717, 1.165) is 5.56 Å². The van der Waals surface area contributed by atoms with Crippen LogP contribution in [0.2, 0.25) is 0 Å². The van der Waals surface area contributed by atoms with Crippen LogP contribution in [0.25, 0.3) is 0 Å². The van der Waals surface area contributed by atoms with Gasteiger partial charge in [0, 0.05) is 16.5 Å². The van der Waals surface area contributed by atoms with Crippen molar-refractivity contribution in [2.75, 3.05) is 0 Å². The van der Waals surface area contributed by atoms with Gasteiger partial charge in [-0.2, -0.15) is 0 Å². The standard InChI is InChI=1S/C9H10BrNO2/c1-9(2,10)7-3-5-8(6-4-7)11(12)13/h3-6H,1-2H3. The minimum Gasteiger partial charge on any atom is -0.258 e. The van der Waals surface area contributed by atoms with Gasteiger partial charge in [0.05, 0.1) is 4.92 Å². The molecular formula is C9H10BrNO2. The van der Waals surface area contributed by atoms with Crippen LogP contribution in [0.15, 0.2) is 24.3 Å². The highest BCUT2D eigenvalue weighted by atomic mass is 79.9. The van der Waals surface area contributed by atoms with Crippen molar-refractivity contribution in [2.24, 2.45) is 0 Å². The Morgan fingerprint density at radius 1 is 1.31 bits per heavy atom. The van der Waals surface area contributed by atoms with Crippen LogP contribution < -0.4 is 0 Å². The number of nitrogens with zero attached hydrogens (tertiary/aromatic N) is 1. The number of hydrogen-bond acceptors (Lipinski definition) is 2. The van der Waals surface area contributed by atoms with Crippen molar-refractivity contribution in [1.29, 1.82) is 0 Å². The topological polar surface area (TPSA) is 43.1 Å². The van der Waals surface area contributed by atoms with Gasteiger partial charge >= 0.3 is 0 Å². The summed E-state index contributed by atoms with van der Waals surface area (Å²) in [5.41, 5.74) is 1.15. The largest absolute Gasteiger partial charge is 0.269 e. The Labute approximate surface area is 85.0 Å². The SMILES string of the molecule is CC(C)(Br)c1ccc([N+](=O)[O-])cc1. The molecule has 1 aromatic carbocycles. The van der Waals surface area contributed by atoms with Gasteiger partial charge in [-0.15, -0.1) is 0 Å². The van der Waals surface area contributed by atoms with E-state index in [1.54, 1.807) is 12.1 Å². The van der Waals surface area contributed by atoms with Gasteiger partial charge in [-0.1, -0.05) is 28.1 Å². The Morgan fingerprint density at radius 2 is 1.77 bits per heavy atom. The Kier molecular flexibility index (Phi) is 2.71. The first-order chi connectivity index (χ1) is 5.91. The molecule has 3 nitrogen and oxygen atoms in total. The second kappa shape index (κ2) is 3.46. The molecule has 0 spiro atoms. The maximum Gasteiger partial charge on any atom is 0.269 e. The van der Waals surface area contributed by atoms with E-state index in [1.807, 2.05) is 13.8 Å². The van der Waals surface area contributed by atoms with E-state index in [2.05, 4.69) is 15.9 Å². The van der Waals surface area contributed by atoms with E-state index < -0.39 is 4.92 Å². The number of halogens is 1. The molecule has 1 rings (SSSR count). The smallest absolute Gasteiger partial charge is 0.258 e. The third-order valence-corrected chi connectivity index (χ3v) is 2.22. The summed E-state index contributed by atoms with van der Waals surface area (Å²) < 4.78 is -0.137. The number of non-ortho nitro benzene ring substituents is 1. The Bertz CT molecular complexity index is 313. The highest BCUT2D eigenvalue weighted by molar-refractivity contribution is 9.09. The lowest BCUT2D eigenvalue weighted by molar-refractivity contribution is -0.384. The van der Waals surface area contributed by atoms with Gasteiger partial charge in [0.15, 0.2) is 0 Å². The molecule has 4 heteroatoms. The van der Waals surface area contributed by atoms with Crippen LogP contribution in [-0.4, -0.2) is 4.92 Å². The third kappa shape index (κ3) is 2.52. The molecule has 0 unspecified atom stereocenters. The van der Waals surface area contributed by atoms with Gasteiger partial charge in [-0.25, -0.2) is 0 Å². The molecule has 0 N–H and O–H groups in total. The summed E-state index contributed by atoms with van der Waals surface area (Å²) in [5, 5.41) is 10.4. The fraction of sp³-hybridized carbons (Fsp3) is 0.333. The molecule has 0 aliphatic carbocycles. The lowest BCUT2D eigenvalue weighted by Gasteiger charge is -2.15. The zero-order valence-electron chi connectivity index (χ0n) is 7.45. The molecule has 0 aliphatic rings. The van der Waals surface area contributed by atoms with Crippen LogP contribution in [0, 0.1) is 10.1 Å². The summed E-state index contributed by atoms with van der Waals surface area (Å²) in [6, 6.07) is 6.54. The fourth-order valence-electron chi connectivity index (χ4n) is 0.979. The minimum absolute atomic E-state index is 0.125. The first-order valence-corrected chi connectivity index (χ1v) is 4.64. The monoisotopic (exact) mass is 243 g/mol. The number of nitro benzene ring substituents is 1. The molecule has 0 fully saturated rings. The van der Waals surface area contributed by atoms with Crippen molar-refractivity contribution in [3.05, 3.63) is 39.9 Å². The van der Waals surface area contributed by atoms with Gasteiger partial charge < -0.3 is 0 Å². The Morgan fingerprint density at radius 3 is 2.08 bits per heavy atom. The van der Waals surface area contributed by atoms with Crippen molar-refractivity contribution in [3.63, 3.8) is 0 Å². The summed E-state index contributed by atoms with van der Waals surface area (Å²) in [6.07, 6.45) is 0. The molecule has 1 aromatic rings. The zero-order chi connectivity index (χ0) is 10.1. The van der Waals surface area contributed by atoms with Gasteiger partial charge in [-0.05, 0) is 19.4 Å². The number of benzene rings is 1. The molecule has 0 amide bonds. The Hall–Kier alpha value is -0.900. The van der Waals surface area contributed by atoms with E-state index >= 15 is 0 Å². The summed E-state index contributed by atoms with van der Waals surface area (Å²) >= 11 is 3.48. The predicted molar refractivity (Wildman–Crippen MR) is 55.0 cm³/mol. The van der Waals surface area contributed by atoms with Gasteiger partial charge in [0.25, 0.3) is 5.69 Å². The molecule has 0 aromatic heterocycles. The summed E-state index contributed by atoms with van der Waals surface area (Å²) in [5.74, 6) is 0. The first kappa shape index (κ1) is 10.2. The highest BCUT2D eigenvalue weighted by Crippen LogP contribution is 2.30. The lowest BCUT2D eigenvalue weighted by atomic mass is 10.0. The molecular weight excluding hydrogens is 234 g/mol. The normalized spacial score (nSPS) is 11.3. The van der Waals surface area contributed by atoms with Crippen molar-refractivity contribution >= 4 is 21.6 Å². The van der Waals surface area contributed by atoms with Gasteiger partial charge in [0.1, 0.15) is 0 Å². The van der Waals surface area contributed by atoms with Crippen LogP contribution in [0.3, 0.4) is 0 Å². The fourth-order valence-corrected chi connectivity index (χ4v) is 1.24. The van der Waals surface area contributed by atoms with E-state index in [1.165, 1.54) is 12.1 Å². The van der Waals surface area contributed by atoms with E-state index in [4.69, 9.17) is 0 Å². The average molecular weight is 244 g/mol. The summed E-state index contributed by atoms with van der Waals surface area (Å²) in [6.45, 7) is 3.99. The number of hydrogen-bond donors (Lipinski definition) is 0. The van der Waals surface area contributed by atoms with Crippen LogP contribution >= 0.6 is 15.9 Å². The van der Waals surface area contributed by atoms with E-state index in [0.29, 0.717) is 0 Å². The van der Waals surface area contributed by atoms with Crippen LogP contribution in [0.5, 0.6) is 0 Å². The molecule has 0 heterocycles. The molecule has 0 saturated heterocycles. The van der Waals surface area contributed by atoms with E-state index in [-0.39, 0.29) is 10.0 Å². The Balaban J connectivity index is 3.01. The first-order valence-electron chi connectivity index (χ1n) is 3.85. The summed E-state index contributed by atoms with van der Waals surface area (Å²) in [7, 11) is 0. The van der Waals surface area contributed by atoms with E-state index in [9.17, 15) is 10.1 Å². The zero-order valence-corrected chi connectivity index (χ0v) is 9.04. The number of rotatable bonds is 2. The van der Waals surface area contributed by atoms with Gasteiger partial charge in [-0.3, -0.25) is 10.1 Å². The molecule has 70 valence electrons. The number of nitro groups is 1. The maximum absolute atomic E-state index is 10.4. The average Bonchev–Trinajstić information content (AvgIpc) is 2.03. The maximum atomic E-state index is 10.4. The third-order valence-electron chi connectivity index (χ3n) is 1.76. The summed E-state index contributed by atoms with van der Waals surface area (Å²) in [4.78, 5) is 9.96. The predicted octanol–water partition coefficient (Wildman–Crippen LogP) is 3.22. The van der Waals surface area contributed by atoms with Crippen molar-refractivity contribution in [3.8, 4) is 0 Å². The second-order valence-corrected chi connectivity index (χ2v) is 5.26. The second-order valence-electron chi connectivity index (χ2n) is 3.28. The van der Waals surface area contributed by atoms with Crippen LogP contribution in [-0.2, 0) is 4.32 Å². The lowest BCUT2D eigenvalue weighted by Crippen LogP contribution is -2.06. The molecule has 0 radical (unpaired) electrons.